The van der Waals surface area contributed by atoms with Gasteiger partial charge < -0.3 is 5.32 Å². The predicted octanol–water partition coefficient (Wildman–Crippen LogP) is 4.41. The minimum absolute atomic E-state index is 0.0266. The first-order chi connectivity index (χ1) is 13.1. The number of nitrogens with zero attached hydrogens (tertiary/aromatic N) is 4. The summed E-state index contributed by atoms with van der Waals surface area (Å²) in [6.07, 6.45) is 0. The molecule has 1 aromatic carbocycles. The fourth-order valence-corrected chi connectivity index (χ4v) is 2.90. The highest BCUT2D eigenvalue weighted by Gasteiger charge is 2.22. The van der Waals surface area contributed by atoms with Crippen molar-refractivity contribution >= 4 is 23.3 Å². The van der Waals surface area contributed by atoms with Crippen LogP contribution in [-0.2, 0) is 16.8 Å². The molecule has 0 atom stereocenters. The molecule has 2 heterocycles. The lowest BCUT2D eigenvalue weighted by atomic mass is 9.92. The number of nitrogens with one attached hydrogen (secondary N) is 1. The SMILES string of the molecule is Cc1nn(CC(=O)Nc2cc(C(C)(C)C)nn2-c2ccc(F)cc2)c(C)c1Cl. The van der Waals surface area contributed by atoms with Crippen molar-refractivity contribution in [3.05, 3.63) is 58.3 Å². The zero-order chi connectivity index (χ0) is 20.6. The first-order valence-electron chi connectivity index (χ1n) is 8.92. The van der Waals surface area contributed by atoms with Crippen molar-refractivity contribution in [1.82, 2.24) is 19.6 Å². The average molecular weight is 404 g/mol. The molecule has 3 aromatic rings. The minimum Gasteiger partial charge on any atom is -0.309 e. The number of hydrogen-bond acceptors (Lipinski definition) is 3. The van der Waals surface area contributed by atoms with Crippen molar-refractivity contribution in [2.75, 3.05) is 5.32 Å². The Morgan fingerprint density at radius 1 is 1.18 bits per heavy atom. The van der Waals surface area contributed by atoms with Crippen LogP contribution in [0.25, 0.3) is 5.69 Å². The molecule has 0 fully saturated rings. The van der Waals surface area contributed by atoms with E-state index in [-0.39, 0.29) is 23.7 Å². The van der Waals surface area contributed by atoms with Crippen molar-refractivity contribution in [3.8, 4) is 5.69 Å². The molecular formula is C20H23ClFN5O. The quantitative estimate of drug-likeness (QED) is 0.701. The van der Waals surface area contributed by atoms with E-state index in [2.05, 4.69) is 15.5 Å². The zero-order valence-corrected chi connectivity index (χ0v) is 17.3. The topological polar surface area (TPSA) is 64.7 Å². The van der Waals surface area contributed by atoms with Crippen LogP contribution in [0.2, 0.25) is 5.02 Å². The molecule has 6 nitrogen and oxygen atoms in total. The van der Waals surface area contributed by atoms with Crippen molar-refractivity contribution in [3.63, 3.8) is 0 Å². The normalized spacial score (nSPS) is 11.7. The summed E-state index contributed by atoms with van der Waals surface area (Å²) in [5, 5.41) is 12.3. The number of carbonyl (C=O) groups excluding carboxylic acids is 1. The molecular weight excluding hydrogens is 381 g/mol. The monoisotopic (exact) mass is 403 g/mol. The molecule has 3 rings (SSSR count). The summed E-state index contributed by atoms with van der Waals surface area (Å²) in [4.78, 5) is 12.6. The maximum Gasteiger partial charge on any atom is 0.247 e. The largest absolute Gasteiger partial charge is 0.309 e. The molecule has 0 aliphatic rings. The van der Waals surface area contributed by atoms with Gasteiger partial charge in [-0.05, 0) is 38.1 Å². The van der Waals surface area contributed by atoms with Crippen LogP contribution in [0.4, 0.5) is 10.2 Å². The van der Waals surface area contributed by atoms with Gasteiger partial charge in [0.2, 0.25) is 5.91 Å². The van der Waals surface area contributed by atoms with Crippen LogP contribution in [0.15, 0.2) is 30.3 Å². The zero-order valence-electron chi connectivity index (χ0n) is 16.5. The van der Waals surface area contributed by atoms with E-state index in [1.54, 1.807) is 28.4 Å². The molecule has 0 saturated heterocycles. The molecule has 0 spiro atoms. The second kappa shape index (κ2) is 7.39. The summed E-state index contributed by atoms with van der Waals surface area (Å²) in [6.45, 7) is 9.74. The molecule has 0 aliphatic heterocycles. The van der Waals surface area contributed by atoms with Gasteiger partial charge in [-0.3, -0.25) is 9.48 Å². The Morgan fingerprint density at radius 2 is 1.82 bits per heavy atom. The molecule has 0 unspecified atom stereocenters. The van der Waals surface area contributed by atoms with Gasteiger partial charge in [0.15, 0.2) is 0 Å². The van der Waals surface area contributed by atoms with Crippen molar-refractivity contribution in [2.45, 2.75) is 46.6 Å². The first-order valence-corrected chi connectivity index (χ1v) is 9.30. The number of hydrogen-bond donors (Lipinski definition) is 1. The Balaban J connectivity index is 1.91. The maximum absolute atomic E-state index is 13.3. The van der Waals surface area contributed by atoms with E-state index in [1.807, 2.05) is 33.8 Å². The van der Waals surface area contributed by atoms with Gasteiger partial charge in [-0.1, -0.05) is 32.4 Å². The third-order valence-electron chi connectivity index (χ3n) is 4.40. The second-order valence-corrected chi connectivity index (χ2v) is 8.12. The standard InChI is InChI=1S/C20H23ClFN5O/c1-12-19(21)13(2)26(24-12)11-18(28)23-17-10-16(20(3,4)5)25-27(17)15-8-6-14(22)7-9-15/h6-10H,11H2,1-5H3,(H,23,28). The molecule has 0 aliphatic carbocycles. The third-order valence-corrected chi connectivity index (χ3v) is 4.95. The smallest absolute Gasteiger partial charge is 0.247 e. The van der Waals surface area contributed by atoms with Crippen LogP contribution >= 0.6 is 11.6 Å². The van der Waals surface area contributed by atoms with E-state index in [0.29, 0.717) is 22.2 Å². The number of rotatable bonds is 4. The van der Waals surface area contributed by atoms with E-state index in [4.69, 9.17) is 11.6 Å². The van der Waals surface area contributed by atoms with Gasteiger partial charge in [-0.25, -0.2) is 9.07 Å². The van der Waals surface area contributed by atoms with E-state index < -0.39 is 0 Å². The molecule has 0 saturated carbocycles. The molecule has 1 N–H and O–H groups in total. The summed E-state index contributed by atoms with van der Waals surface area (Å²) in [7, 11) is 0. The Morgan fingerprint density at radius 3 is 2.36 bits per heavy atom. The number of benzene rings is 1. The molecule has 148 valence electrons. The van der Waals surface area contributed by atoms with E-state index in [1.165, 1.54) is 12.1 Å². The summed E-state index contributed by atoms with van der Waals surface area (Å²) < 4.78 is 16.5. The predicted molar refractivity (Wildman–Crippen MR) is 108 cm³/mol. The summed E-state index contributed by atoms with van der Waals surface area (Å²) in [5.74, 6) is -0.0842. The fraction of sp³-hybridized carbons (Fsp3) is 0.350. The Labute approximate surface area is 168 Å². The van der Waals surface area contributed by atoms with Crippen molar-refractivity contribution < 1.29 is 9.18 Å². The minimum atomic E-state index is -0.334. The number of amides is 1. The Kier molecular flexibility index (Phi) is 5.30. The first kappa shape index (κ1) is 20.1. The van der Waals surface area contributed by atoms with Gasteiger partial charge in [0.25, 0.3) is 0 Å². The number of anilines is 1. The molecule has 1 amide bonds. The van der Waals surface area contributed by atoms with E-state index >= 15 is 0 Å². The lowest BCUT2D eigenvalue weighted by Gasteiger charge is -2.14. The van der Waals surface area contributed by atoms with Crippen molar-refractivity contribution in [2.24, 2.45) is 0 Å². The van der Waals surface area contributed by atoms with Crippen molar-refractivity contribution in [1.29, 1.82) is 0 Å². The fourth-order valence-electron chi connectivity index (χ4n) is 2.76. The van der Waals surface area contributed by atoms with Gasteiger partial charge in [0.05, 0.1) is 27.8 Å². The van der Waals surface area contributed by atoms with Crippen LogP contribution in [0, 0.1) is 19.7 Å². The van der Waals surface area contributed by atoms with Crippen LogP contribution in [0.3, 0.4) is 0 Å². The van der Waals surface area contributed by atoms with Crippen LogP contribution in [0.1, 0.15) is 37.9 Å². The van der Waals surface area contributed by atoms with Crippen LogP contribution < -0.4 is 5.32 Å². The maximum atomic E-state index is 13.3. The van der Waals surface area contributed by atoms with Gasteiger partial charge in [0, 0.05) is 11.5 Å². The number of aromatic nitrogens is 4. The third kappa shape index (κ3) is 4.09. The molecule has 8 heteroatoms. The van der Waals surface area contributed by atoms with Gasteiger partial charge >= 0.3 is 0 Å². The number of aryl methyl sites for hydroxylation is 1. The van der Waals surface area contributed by atoms with Gasteiger partial charge in [0.1, 0.15) is 18.2 Å². The molecule has 28 heavy (non-hydrogen) atoms. The van der Waals surface area contributed by atoms with Crippen LogP contribution in [-0.4, -0.2) is 25.5 Å². The average Bonchev–Trinajstić information content (AvgIpc) is 3.13. The van der Waals surface area contributed by atoms with E-state index in [0.717, 1.165) is 11.4 Å². The summed E-state index contributed by atoms with van der Waals surface area (Å²) in [6, 6.07) is 7.78. The van der Waals surface area contributed by atoms with Gasteiger partial charge in [-0.2, -0.15) is 10.2 Å². The number of carbonyl (C=O) groups is 1. The Bertz CT molecular complexity index is 1010. The number of halogens is 2. The summed E-state index contributed by atoms with van der Waals surface area (Å²) in [5.41, 5.74) is 2.66. The Hall–Kier alpha value is -2.67. The highest BCUT2D eigenvalue weighted by Crippen LogP contribution is 2.26. The highest BCUT2D eigenvalue weighted by molar-refractivity contribution is 6.31. The molecule has 2 aromatic heterocycles. The van der Waals surface area contributed by atoms with Gasteiger partial charge in [-0.15, -0.1) is 0 Å². The lowest BCUT2D eigenvalue weighted by Crippen LogP contribution is -2.21. The highest BCUT2D eigenvalue weighted by atomic mass is 35.5. The second-order valence-electron chi connectivity index (χ2n) is 7.74. The van der Waals surface area contributed by atoms with E-state index in [9.17, 15) is 9.18 Å². The lowest BCUT2D eigenvalue weighted by molar-refractivity contribution is -0.117. The molecule has 0 radical (unpaired) electrons. The molecule has 0 bridgehead atoms. The van der Waals surface area contributed by atoms with Crippen LogP contribution in [0.5, 0.6) is 0 Å². The summed E-state index contributed by atoms with van der Waals surface area (Å²) >= 11 is 6.15.